The molecule has 146 valence electrons. The molecule has 1 aliphatic rings. The molecule has 0 radical (unpaired) electrons. The number of benzene rings is 2. The van der Waals surface area contributed by atoms with E-state index in [-0.39, 0.29) is 24.4 Å². The summed E-state index contributed by atoms with van der Waals surface area (Å²) < 4.78 is 11.0. The fraction of sp³-hybridized carbons (Fsp3) is 0.381. The van der Waals surface area contributed by atoms with Gasteiger partial charge in [-0.2, -0.15) is 0 Å². The number of hydrogen-bond donors (Lipinski definition) is 1. The van der Waals surface area contributed by atoms with Crippen molar-refractivity contribution in [3.8, 4) is 11.5 Å². The Hall–Kier alpha value is -2.24. The molecule has 1 atom stereocenters. The fourth-order valence-electron chi connectivity index (χ4n) is 3.58. The van der Waals surface area contributed by atoms with Crippen LogP contribution in [-0.2, 0) is 11.2 Å². The predicted molar refractivity (Wildman–Crippen MR) is 109 cm³/mol. The van der Waals surface area contributed by atoms with Crippen molar-refractivity contribution in [2.75, 3.05) is 34.4 Å². The van der Waals surface area contributed by atoms with Crippen LogP contribution in [-0.4, -0.2) is 45.2 Å². The van der Waals surface area contributed by atoms with Crippen LogP contribution >= 0.6 is 12.4 Å². The first-order valence-corrected chi connectivity index (χ1v) is 8.93. The molecule has 1 heterocycles. The number of amides is 1. The number of carbonyl (C=O) groups excluding carboxylic acids is 1. The van der Waals surface area contributed by atoms with Gasteiger partial charge in [-0.05, 0) is 42.3 Å². The molecular weight excluding hydrogens is 364 g/mol. The van der Waals surface area contributed by atoms with Gasteiger partial charge in [0.25, 0.3) is 0 Å². The third kappa shape index (κ3) is 4.37. The summed E-state index contributed by atoms with van der Waals surface area (Å²) >= 11 is 0. The molecule has 1 unspecified atom stereocenters. The minimum Gasteiger partial charge on any atom is -0.493 e. The number of ether oxygens (including phenoxy) is 2. The molecule has 0 aromatic heterocycles. The van der Waals surface area contributed by atoms with Gasteiger partial charge >= 0.3 is 0 Å². The van der Waals surface area contributed by atoms with Crippen molar-refractivity contribution in [2.24, 2.45) is 0 Å². The van der Waals surface area contributed by atoms with E-state index in [1.165, 1.54) is 5.56 Å². The Bertz CT molecular complexity index is 768. The summed E-state index contributed by atoms with van der Waals surface area (Å²) in [6.45, 7) is 1.38. The second kappa shape index (κ2) is 9.62. The Labute approximate surface area is 167 Å². The SMILES string of the molecule is CNCCC(=O)N1CCc2cc(OC)c(OC)cc2C1c1ccccc1.Cl. The molecule has 0 bridgehead atoms. The van der Waals surface area contributed by atoms with Crippen molar-refractivity contribution in [3.05, 3.63) is 59.2 Å². The van der Waals surface area contributed by atoms with E-state index < -0.39 is 0 Å². The van der Waals surface area contributed by atoms with E-state index in [0.717, 1.165) is 23.3 Å². The lowest BCUT2D eigenvalue weighted by Gasteiger charge is -2.38. The van der Waals surface area contributed by atoms with Crippen LogP contribution in [0.5, 0.6) is 11.5 Å². The maximum atomic E-state index is 12.9. The van der Waals surface area contributed by atoms with Gasteiger partial charge in [-0.3, -0.25) is 4.79 Å². The fourth-order valence-corrected chi connectivity index (χ4v) is 3.58. The highest BCUT2D eigenvalue weighted by atomic mass is 35.5. The van der Waals surface area contributed by atoms with E-state index >= 15 is 0 Å². The summed E-state index contributed by atoms with van der Waals surface area (Å²) in [5.41, 5.74) is 3.42. The van der Waals surface area contributed by atoms with Crippen LogP contribution in [0, 0.1) is 0 Å². The van der Waals surface area contributed by atoms with Crippen LogP contribution in [0.2, 0.25) is 0 Å². The number of halogens is 1. The van der Waals surface area contributed by atoms with Gasteiger partial charge in [-0.1, -0.05) is 30.3 Å². The average Bonchev–Trinajstić information content (AvgIpc) is 2.70. The zero-order valence-corrected chi connectivity index (χ0v) is 16.8. The largest absolute Gasteiger partial charge is 0.493 e. The van der Waals surface area contributed by atoms with Crippen LogP contribution in [0.1, 0.15) is 29.2 Å². The Morgan fingerprint density at radius 1 is 1.15 bits per heavy atom. The van der Waals surface area contributed by atoms with Crippen LogP contribution in [0.25, 0.3) is 0 Å². The molecule has 0 fully saturated rings. The normalized spacial score (nSPS) is 15.5. The van der Waals surface area contributed by atoms with Gasteiger partial charge in [-0.25, -0.2) is 0 Å². The summed E-state index contributed by atoms with van der Waals surface area (Å²) in [7, 11) is 5.15. The van der Waals surface area contributed by atoms with Crippen LogP contribution in [0.15, 0.2) is 42.5 Å². The van der Waals surface area contributed by atoms with Crippen LogP contribution in [0.4, 0.5) is 0 Å². The predicted octanol–water partition coefficient (Wildman–Crippen LogP) is 3.21. The average molecular weight is 391 g/mol. The highest BCUT2D eigenvalue weighted by Gasteiger charge is 2.32. The lowest BCUT2D eigenvalue weighted by Crippen LogP contribution is -2.41. The molecule has 0 saturated heterocycles. The number of nitrogens with zero attached hydrogens (tertiary/aromatic N) is 1. The Kier molecular flexibility index (Phi) is 7.51. The van der Waals surface area contributed by atoms with Crippen molar-refractivity contribution in [3.63, 3.8) is 0 Å². The molecule has 6 heteroatoms. The highest BCUT2D eigenvalue weighted by molar-refractivity contribution is 5.85. The molecule has 0 saturated carbocycles. The van der Waals surface area contributed by atoms with E-state index in [1.54, 1.807) is 14.2 Å². The van der Waals surface area contributed by atoms with E-state index in [4.69, 9.17) is 9.47 Å². The summed E-state index contributed by atoms with van der Waals surface area (Å²) in [6.07, 6.45) is 1.30. The molecule has 2 aromatic rings. The van der Waals surface area contributed by atoms with Crippen LogP contribution < -0.4 is 14.8 Å². The van der Waals surface area contributed by atoms with E-state index in [2.05, 4.69) is 17.4 Å². The quantitative estimate of drug-likeness (QED) is 0.822. The minimum atomic E-state index is -0.107. The van der Waals surface area contributed by atoms with Crippen molar-refractivity contribution in [1.82, 2.24) is 10.2 Å². The molecule has 1 aliphatic heterocycles. The molecule has 3 rings (SSSR count). The Balaban J connectivity index is 0.00000261. The molecule has 0 aliphatic carbocycles. The number of methoxy groups -OCH3 is 2. The summed E-state index contributed by atoms with van der Waals surface area (Å²) in [5.74, 6) is 1.58. The van der Waals surface area contributed by atoms with Crippen molar-refractivity contribution in [1.29, 1.82) is 0 Å². The van der Waals surface area contributed by atoms with Crippen molar-refractivity contribution in [2.45, 2.75) is 18.9 Å². The molecule has 5 nitrogen and oxygen atoms in total. The Morgan fingerprint density at radius 2 is 1.81 bits per heavy atom. The number of carbonyl (C=O) groups is 1. The van der Waals surface area contributed by atoms with Crippen LogP contribution in [0.3, 0.4) is 0 Å². The molecular formula is C21H27ClN2O3. The number of fused-ring (bicyclic) bond motifs is 1. The van der Waals surface area contributed by atoms with Gasteiger partial charge in [-0.15, -0.1) is 12.4 Å². The lowest BCUT2D eigenvalue weighted by atomic mass is 9.87. The lowest BCUT2D eigenvalue weighted by molar-refractivity contribution is -0.133. The zero-order valence-electron chi connectivity index (χ0n) is 16.0. The summed E-state index contributed by atoms with van der Waals surface area (Å²) in [4.78, 5) is 14.8. The zero-order chi connectivity index (χ0) is 18.5. The third-order valence-corrected chi connectivity index (χ3v) is 4.90. The highest BCUT2D eigenvalue weighted by Crippen LogP contribution is 2.41. The van der Waals surface area contributed by atoms with Gasteiger partial charge in [0.15, 0.2) is 11.5 Å². The first-order chi connectivity index (χ1) is 12.7. The van der Waals surface area contributed by atoms with Gasteiger partial charge in [0.1, 0.15) is 0 Å². The van der Waals surface area contributed by atoms with E-state index in [0.29, 0.717) is 25.3 Å². The summed E-state index contributed by atoms with van der Waals surface area (Å²) in [5, 5.41) is 3.06. The number of hydrogen-bond acceptors (Lipinski definition) is 4. The van der Waals surface area contributed by atoms with Crippen molar-refractivity contribution < 1.29 is 14.3 Å². The first kappa shape index (κ1) is 21.1. The standard InChI is InChI=1S/C21H26N2O3.ClH/c1-22-11-9-20(24)23-12-10-16-13-18(25-2)19(26-3)14-17(16)21(23)15-7-5-4-6-8-15;/h4-8,13-14,21-22H,9-12H2,1-3H3;1H. The second-order valence-corrected chi connectivity index (χ2v) is 6.41. The van der Waals surface area contributed by atoms with E-state index in [9.17, 15) is 4.79 Å². The molecule has 1 N–H and O–H groups in total. The maximum Gasteiger partial charge on any atom is 0.224 e. The monoisotopic (exact) mass is 390 g/mol. The third-order valence-electron chi connectivity index (χ3n) is 4.90. The molecule has 2 aromatic carbocycles. The van der Waals surface area contributed by atoms with Crippen molar-refractivity contribution >= 4 is 18.3 Å². The summed E-state index contributed by atoms with van der Waals surface area (Å²) in [6, 6.07) is 14.1. The van der Waals surface area contributed by atoms with Gasteiger partial charge in [0, 0.05) is 19.5 Å². The molecule has 0 spiro atoms. The minimum absolute atomic E-state index is 0. The second-order valence-electron chi connectivity index (χ2n) is 6.41. The molecule has 27 heavy (non-hydrogen) atoms. The smallest absolute Gasteiger partial charge is 0.224 e. The van der Waals surface area contributed by atoms with Gasteiger partial charge in [0.2, 0.25) is 5.91 Å². The first-order valence-electron chi connectivity index (χ1n) is 8.93. The van der Waals surface area contributed by atoms with Gasteiger partial charge in [0.05, 0.1) is 20.3 Å². The number of nitrogens with one attached hydrogen (secondary N) is 1. The maximum absolute atomic E-state index is 12.9. The Morgan fingerprint density at radius 3 is 2.44 bits per heavy atom. The van der Waals surface area contributed by atoms with E-state index in [1.807, 2.05) is 42.3 Å². The topological polar surface area (TPSA) is 50.8 Å². The molecule has 1 amide bonds. The number of rotatable bonds is 6. The van der Waals surface area contributed by atoms with Gasteiger partial charge < -0.3 is 19.7 Å².